The molecular formula is C10H12O2S. The Bertz CT molecular complexity index is 321. The molecule has 0 aliphatic heterocycles. The van der Waals surface area contributed by atoms with Crippen LogP contribution in [0.2, 0.25) is 0 Å². The smallest absolute Gasteiger partial charge is 0.307 e. The largest absolute Gasteiger partial charge is 0.481 e. The van der Waals surface area contributed by atoms with Crippen molar-refractivity contribution < 1.29 is 9.90 Å². The predicted molar refractivity (Wildman–Crippen MR) is 54.3 cm³/mol. The fourth-order valence-corrected chi connectivity index (χ4v) is 1.89. The second-order valence-corrected chi connectivity index (χ2v) is 3.66. The van der Waals surface area contributed by atoms with Crippen molar-refractivity contribution in [2.45, 2.75) is 18.2 Å². The molecule has 0 spiro atoms. The third kappa shape index (κ3) is 2.49. The first kappa shape index (κ1) is 10.1. The van der Waals surface area contributed by atoms with Gasteiger partial charge in [0, 0.05) is 4.90 Å². The molecule has 0 amide bonds. The number of benzene rings is 1. The molecule has 0 radical (unpaired) electrons. The highest BCUT2D eigenvalue weighted by atomic mass is 32.2. The molecule has 2 nitrogen and oxygen atoms in total. The highest BCUT2D eigenvalue weighted by molar-refractivity contribution is 7.98. The van der Waals surface area contributed by atoms with Crippen molar-refractivity contribution in [1.82, 2.24) is 0 Å². The Labute approximate surface area is 82.0 Å². The molecule has 0 unspecified atom stereocenters. The lowest BCUT2D eigenvalue weighted by Gasteiger charge is -2.06. The first-order valence-electron chi connectivity index (χ1n) is 3.99. The van der Waals surface area contributed by atoms with Crippen LogP contribution in [0.25, 0.3) is 0 Å². The van der Waals surface area contributed by atoms with E-state index in [4.69, 9.17) is 5.11 Å². The van der Waals surface area contributed by atoms with E-state index in [1.807, 2.05) is 31.4 Å². The van der Waals surface area contributed by atoms with Crippen LogP contribution in [0, 0.1) is 6.92 Å². The van der Waals surface area contributed by atoms with E-state index in [1.165, 1.54) is 0 Å². The molecule has 0 fully saturated rings. The van der Waals surface area contributed by atoms with Crippen molar-refractivity contribution in [3.05, 3.63) is 29.3 Å². The van der Waals surface area contributed by atoms with Gasteiger partial charge in [-0.2, -0.15) is 0 Å². The molecule has 0 saturated carbocycles. The number of hydrogen-bond donors (Lipinski definition) is 1. The molecule has 13 heavy (non-hydrogen) atoms. The van der Waals surface area contributed by atoms with Crippen molar-refractivity contribution in [2.75, 3.05) is 6.26 Å². The minimum atomic E-state index is -0.777. The van der Waals surface area contributed by atoms with Gasteiger partial charge in [-0.1, -0.05) is 12.1 Å². The van der Waals surface area contributed by atoms with Gasteiger partial charge in [0.15, 0.2) is 0 Å². The number of carbonyl (C=O) groups is 1. The number of aliphatic carboxylic acids is 1. The number of carboxylic acids is 1. The Morgan fingerprint density at radius 3 is 2.77 bits per heavy atom. The van der Waals surface area contributed by atoms with Crippen molar-refractivity contribution >= 4 is 17.7 Å². The van der Waals surface area contributed by atoms with Gasteiger partial charge < -0.3 is 5.11 Å². The number of rotatable bonds is 3. The fourth-order valence-electron chi connectivity index (χ4n) is 1.24. The normalized spacial score (nSPS) is 10.0. The number of thioether (sulfide) groups is 1. The zero-order chi connectivity index (χ0) is 9.84. The van der Waals surface area contributed by atoms with Gasteiger partial charge in [-0.05, 0) is 30.4 Å². The highest BCUT2D eigenvalue weighted by Gasteiger charge is 2.06. The minimum Gasteiger partial charge on any atom is -0.481 e. The van der Waals surface area contributed by atoms with Gasteiger partial charge in [-0.25, -0.2) is 0 Å². The molecule has 70 valence electrons. The zero-order valence-corrected chi connectivity index (χ0v) is 8.52. The van der Waals surface area contributed by atoms with Gasteiger partial charge >= 0.3 is 5.97 Å². The summed E-state index contributed by atoms with van der Waals surface area (Å²) in [5.41, 5.74) is 1.98. The topological polar surface area (TPSA) is 37.3 Å². The fraction of sp³-hybridized carbons (Fsp3) is 0.300. The van der Waals surface area contributed by atoms with E-state index in [2.05, 4.69) is 0 Å². The van der Waals surface area contributed by atoms with Crippen LogP contribution in [-0.2, 0) is 11.2 Å². The summed E-state index contributed by atoms with van der Waals surface area (Å²) in [4.78, 5) is 11.7. The van der Waals surface area contributed by atoms with Crippen LogP contribution < -0.4 is 0 Å². The van der Waals surface area contributed by atoms with Crippen molar-refractivity contribution in [3.8, 4) is 0 Å². The number of carboxylic acid groups (broad SMARTS) is 1. The predicted octanol–water partition coefficient (Wildman–Crippen LogP) is 2.34. The average Bonchev–Trinajstić information content (AvgIpc) is 2.08. The molecule has 3 heteroatoms. The first-order valence-corrected chi connectivity index (χ1v) is 5.22. The summed E-state index contributed by atoms with van der Waals surface area (Å²) in [6, 6.07) is 5.77. The standard InChI is InChI=1S/C10H12O2S/c1-7-8(6-10(11)12)4-3-5-9(7)13-2/h3-5H,6H2,1-2H3,(H,11,12). The SMILES string of the molecule is CSc1cccc(CC(=O)O)c1C. The molecule has 1 aromatic carbocycles. The monoisotopic (exact) mass is 196 g/mol. The summed E-state index contributed by atoms with van der Waals surface area (Å²) in [7, 11) is 0. The Balaban J connectivity index is 3.01. The molecule has 1 N–H and O–H groups in total. The molecule has 0 bridgehead atoms. The Morgan fingerprint density at radius 2 is 2.23 bits per heavy atom. The van der Waals surface area contributed by atoms with Crippen molar-refractivity contribution in [3.63, 3.8) is 0 Å². The summed E-state index contributed by atoms with van der Waals surface area (Å²) in [5.74, 6) is -0.777. The van der Waals surface area contributed by atoms with Crippen LogP contribution >= 0.6 is 11.8 Å². The molecule has 0 aliphatic rings. The van der Waals surface area contributed by atoms with Crippen LogP contribution in [-0.4, -0.2) is 17.3 Å². The lowest BCUT2D eigenvalue weighted by atomic mass is 10.1. The Morgan fingerprint density at radius 1 is 1.54 bits per heavy atom. The van der Waals surface area contributed by atoms with E-state index >= 15 is 0 Å². The maximum absolute atomic E-state index is 10.5. The maximum Gasteiger partial charge on any atom is 0.307 e. The van der Waals surface area contributed by atoms with Crippen molar-refractivity contribution in [1.29, 1.82) is 0 Å². The van der Waals surface area contributed by atoms with Crippen molar-refractivity contribution in [2.24, 2.45) is 0 Å². The van der Waals surface area contributed by atoms with Gasteiger partial charge in [-0.15, -0.1) is 11.8 Å². The van der Waals surface area contributed by atoms with E-state index in [9.17, 15) is 4.79 Å². The lowest BCUT2D eigenvalue weighted by molar-refractivity contribution is -0.136. The molecule has 0 aliphatic carbocycles. The molecule has 0 aromatic heterocycles. The van der Waals surface area contributed by atoms with E-state index in [0.29, 0.717) is 0 Å². The van der Waals surface area contributed by atoms with E-state index < -0.39 is 5.97 Å². The van der Waals surface area contributed by atoms with Crippen LogP contribution in [0.15, 0.2) is 23.1 Å². The summed E-state index contributed by atoms with van der Waals surface area (Å²) < 4.78 is 0. The molecule has 1 rings (SSSR count). The third-order valence-corrected chi connectivity index (χ3v) is 2.84. The molecular weight excluding hydrogens is 184 g/mol. The third-order valence-electron chi connectivity index (χ3n) is 1.96. The Hall–Kier alpha value is -0.960. The van der Waals surface area contributed by atoms with Gasteiger partial charge in [0.05, 0.1) is 6.42 Å². The highest BCUT2D eigenvalue weighted by Crippen LogP contribution is 2.22. The van der Waals surface area contributed by atoms with Gasteiger partial charge in [0.1, 0.15) is 0 Å². The van der Waals surface area contributed by atoms with Gasteiger partial charge in [0.2, 0.25) is 0 Å². The molecule has 0 saturated heterocycles. The Kier molecular flexibility index (Phi) is 3.37. The summed E-state index contributed by atoms with van der Waals surface area (Å²) in [6.07, 6.45) is 2.10. The van der Waals surface area contributed by atoms with E-state index in [-0.39, 0.29) is 6.42 Å². The van der Waals surface area contributed by atoms with Gasteiger partial charge in [-0.3, -0.25) is 4.79 Å². The quantitative estimate of drug-likeness (QED) is 0.754. The van der Waals surface area contributed by atoms with Gasteiger partial charge in [0.25, 0.3) is 0 Å². The second-order valence-electron chi connectivity index (χ2n) is 2.81. The number of hydrogen-bond acceptors (Lipinski definition) is 2. The van der Waals surface area contributed by atoms with Crippen LogP contribution in [0.4, 0.5) is 0 Å². The summed E-state index contributed by atoms with van der Waals surface area (Å²) in [6.45, 7) is 1.96. The first-order chi connectivity index (χ1) is 6.15. The summed E-state index contributed by atoms with van der Waals surface area (Å²) in [5, 5.41) is 8.65. The minimum absolute atomic E-state index is 0.111. The van der Waals surface area contributed by atoms with Crippen LogP contribution in [0.5, 0.6) is 0 Å². The van der Waals surface area contributed by atoms with E-state index in [0.717, 1.165) is 16.0 Å². The van der Waals surface area contributed by atoms with Crippen LogP contribution in [0.3, 0.4) is 0 Å². The molecule has 1 aromatic rings. The lowest BCUT2D eigenvalue weighted by Crippen LogP contribution is -2.02. The average molecular weight is 196 g/mol. The second kappa shape index (κ2) is 4.33. The zero-order valence-electron chi connectivity index (χ0n) is 7.70. The molecule has 0 atom stereocenters. The molecule has 0 heterocycles. The summed E-state index contributed by atoms with van der Waals surface area (Å²) >= 11 is 1.64. The van der Waals surface area contributed by atoms with Crippen LogP contribution in [0.1, 0.15) is 11.1 Å². The van der Waals surface area contributed by atoms with E-state index in [1.54, 1.807) is 11.8 Å². The maximum atomic E-state index is 10.5.